The van der Waals surface area contributed by atoms with E-state index in [1.807, 2.05) is 37.3 Å². The summed E-state index contributed by atoms with van der Waals surface area (Å²) in [6.07, 6.45) is 1.62. The molecule has 0 radical (unpaired) electrons. The average Bonchev–Trinajstić information content (AvgIpc) is 3.05. The molecule has 0 aliphatic heterocycles. The van der Waals surface area contributed by atoms with Crippen LogP contribution in [0.1, 0.15) is 29.5 Å². The van der Waals surface area contributed by atoms with Gasteiger partial charge in [-0.25, -0.2) is 13.1 Å². The summed E-state index contributed by atoms with van der Waals surface area (Å²) in [5.74, 6) is -0.450. The molecule has 0 spiro atoms. The molecule has 1 heterocycles. The van der Waals surface area contributed by atoms with Crippen LogP contribution in [0.4, 0.5) is 0 Å². The second-order valence-corrected chi connectivity index (χ2v) is 7.04. The van der Waals surface area contributed by atoms with Gasteiger partial charge in [0, 0.05) is 6.04 Å². The zero-order valence-electron chi connectivity index (χ0n) is 13.1. The Balaban J connectivity index is 1.91. The molecule has 6 nitrogen and oxygen atoms in total. The molecule has 0 unspecified atom stereocenters. The third-order valence-electron chi connectivity index (χ3n) is 3.43. The molecule has 23 heavy (non-hydrogen) atoms. The van der Waals surface area contributed by atoms with Crippen molar-refractivity contribution in [1.29, 1.82) is 0 Å². The Morgan fingerprint density at radius 1 is 1.17 bits per heavy atom. The Kier molecular flexibility index (Phi) is 5.57. The van der Waals surface area contributed by atoms with Crippen LogP contribution in [0.3, 0.4) is 0 Å². The summed E-state index contributed by atoms with van der Waals surface area (Å²) in [5.41, 5.74) is 1.20. The summed E-state index contributed by atoms with van der Waals surface area (Å²) in [5, 5.41) is 2.53. The lowest BCUT2D eigenvalue weighted by atomic mass is 10.1. The molecule has 0 aliphatic carbocycles. The minimum Gasteiger partial charge on any atom is -0.438 e. The molecule has 2 N–H and O–H groups in total. The molecule has 1 atom stereocenters. The molecule has 1 aromatic heterocycles. The van der Waals surface area contributed by atoms with Crippen LogP contribution in [0.2, 0.25) is 0 Å². The highest BCUT2D eigenvalue weighted by Gasteiger charge is 2.20. The molecule has 0 bridgehead atoms. The largest absolute Gasteiger partial charge is 0.438 e. The van der Waals surface area contributed by atoms with Gasteiger partial charge in [-0.05, 0) is 44.5 Å². The van der Waals surface area contributed by atoms with E-state index in [-0.39, 0.29) is 16.9 Å². The van der Waals surface area contributed by atoms with E-state index in [9.17, 15) is 13.2 Å². The zero-order chi connectivity index (χ0) is 16.9. The maximum absolute atomic E-state index is 12.1. The molecule has 0 fully saturated rings. The average molecular weight is 336 g/mol. The van der Waals surface area contributed by atoms with Crippen LogP contribution >= 0.6 is 0 Å². The van der Waals surface area contributed by atoms with Gasteiger partial charge in [0.1, 0.15) is 0 Å². The number of sulfonamides is 1. The Labute approximate surface area is 135 Å². The lowest BCUT2D eigenvalue weighted by Gasteiger charge is -2.12. The minimum atomic E-state index is -3.68. The topological polar surface area (TPSA) is 88.4 Å². The molecule has 0 saturated carbocycles. The highest BCUT2D eigenvalue weighted by atomic mass is 32.2. The van der Waals surface area contributed by atoms with Gasteiger partial charge in [-0.1, -0.05) is 30.3 Å². The number of amides is 1. The number of nitrogens with one attached hydrogen (secondary N) is 2. The maximum atomic E-state index is 12.1. The van der Waals surface area contributed by atoms with E-state index in [2.05, 4.69) is 10.0 Å². The van der Waals surface area contributed by atoms with Crippen molar-refractivity contribution in [3.05, 3.63) is 53.8 Å². The monoisotopic (exact) mass is 336 g/mol. The van der Waals surface area contributed by atoms with Crippen molar-refractivity contribution in [3.63, 3.8) is 0 Å². The fourth-order valence-corrected chi connectivity index (χ4v) is 2.73. The first kappa shape index (κ1) is 17.2. The Morgan fingerprint density at radius 3 is 2.52 bits per heavy atom. The van der Waals surface area contributed by atoms with Gasteiger partial charge >= 0.3 is 0 Å². The van der Waals surface area contributed by atoms with Crippen LogP contribution in [0.25, 0.3) is 0 Å². The summed E-state index contributed by atoms with van der Waals surface area (Å²) in [4.78, 5) is 12.1. The van der Waals surface area contributed by atoms with Gasteiger partial charge in [-0.2, -0.15) is 0 Å². The number of benzene rings is 1. The lowest BCUT2D eigenvalue weighted by molar-refractivity contribution is 0.0905. The molecular weight excluding hydrogens is 316 g/mol. The minimum absolute atomic E-state index is 0.0228. The van der Waals surface area contributed by atoms with E-state index >= 15 is 0 Å². The smallest absolute Gasteiger partial charge is 0.287 e. The first-order chi connectivity index (χ1) is 10.9. The molecule has 0 saturated heterocycles. The van der Waals surface area contributed by atoms with Crippen molar-refractivity contribution in [1.82, 2.24) is 10.0 Å². The summed E-state index contributed by atoms with van der Waals surface area (Å²) in [6.45, 7) is 1.90. The van der Waals surface area contributed by atoms with Crippen LogP contribution in [0.5, 0.6) is 0 Å². The van der Waals surface area contributed by atoms with Crippen molar-refractivity contribution < 1.29 is 17.6 Å². The number of furan rings is 1. The number of hydrogen-bond donors (Lipinski definition) is 2. The van der Waals surface area contributed by atoms with Crippen molar-refractivity contribution >= 4 is 15.9 Å². The van der Waals surface area contributed by atoms with Crippen LogP contribution in [0, 0.1) is 0 Å². The van der Waals surface area contributed by atoms with Gasteiger partial charge in [0.25, 0.3) is 15.9 Å². The normalized spacial score (nSPS) is 12.8. The molecule has 1 aromatic carbocycles. The lowest BCUT2D eigenvalue weighted by Crippen LogP contribution is -2.32. The second kappa shape index (κ2) is 7.43. The molecule has 1 amide bonds. The van der Waals surface area contributed by atoms with Crippen LogP contribution in [0.15, 0.2) is 52.0 Å². The van der Waals surface area contributed by atoms with E-state index < -0.39 is 15.9 Å². The fourth-order valence-electron chi connectivity index (χ4n) is 2.08. The number of rotatable bonds is 7. The summed E-state index contributed by atoms with van der Waals surface area (Å²) >= 11 is 0. The fraction of sp³-hybridized carbons (Fsp3) is 0.312. The van der Waals surface area contributed by atoms with Crippen LogP contribution in [-0.2, 0) is 16.4 Å². The molecule has 2 aromatic rings. The maximum Gasteiger partial charge on any atom is 0.287 e. The van der Waals surface area contributed by atoms with Crippen molar-refractivity contribution in [2.45, 2.75) is 30.9 Å². The highest BCUT2D eigenvalue weighted by Crippen LogP contribution is 2.14. The van der Waals surface area contributed by atoms with Crippen molar-refractivity contribution in [2.75, 3.05) is 7.05 Å². The Morgan fingerprint density at radius 2 is 1.87 bits per heavy atom. The van der Waals surface area contributed by atoms with E-state index in [4.69, 9.17) is 4.42 Å². The molecule has 0 aliphatic rings. The molecule has 124 valence electrons. The summed E-state index contributed by atoms with van der Waals surface area (Å²) < 4.78 is 30.4. The SMILES string of the molecule is CNS(=O)(=O)c1ccc(C(=O)N[C@@H](C)CCc2ccccc2)o1. The number of carbonyl (C=O) groups excluding carboxylic acids is 1. The standard InChI is InChI=1S/C16H20N2O4S/c1-12(8-9-13-6-4-3-5-7-13)18-16(19)14-10-11-15(22-14)23(20,21)17-2/h3-7,10-12,17H,8-9H2,1-2H3,(H,18,19)/t12-/m0/s1. The number of carbonyl (C=O) groups is 1. The first-order valence-corrected chi connectivity index (χ1v) is 8.79. The third-order valence-corrected chi connectivity index (χ3v) is 4.71. The van der Waals surface area contributed by atoms with E-state index in [0.29, 0.717) is 0 Å². The van der Waals surface area contributed by atoms with Gasteiger partial charge in [0.2, 0.25) is 5.09 Å². The van der Waals surface area contributed by atoms with Crippen LogP contribution < -0.4 is 10.0 Å². The summed E-state index contributed by atoms with van der Waals surface area (Å²) in [6, 6.07) is 12.5. The Hall–Kier alpha value is -2.12. The second-order valence-electron chi connectivity index (χ2n) is 5.23. The Bertz CT molecular complexity index is 753. The van der Waals surface area contributed by atoms with Gasteiger partial charge < -0.3 is 9.73 Å². The summed E-state index contributed by atoms with van der Waals surface area (Å²) in [7, 11) is -2.40. The predicted molar refractivity (Wildman–Crippen MR) is 86.6 cm³/mol. The highest BCUT2D eigenvalue weighted by molar-refractivity contribution is 7.89. The van der Waals surface area contributed by atoms with E-state index in [0.717, 1.165) is 12.8 Å². The molecule has 2 rings (SSSR count). The van der Waals surface area contributed by atoms with Crippen molar-refractivity contribution in [2.24, 2.45) is 0 Å². The number of hydrogen-bond acceptors (Lipinski definition) is 4. The first-order valence-electron chi connectivity index (χ1n) is 7.30. The van der Waals surface area contributed by atoms with E-state index in [1.54, 1.807) is 0 Å². The quantitative estimate of drug-likeness (QED) is 0.809. The number of aryl methyl sites for hydroxylation is 1. The van der Waals surface area contributed by atoms with Gasteiger partial charge in [0.05, 0.1) is 0 Å². The van der Waals surface area contributed by atoms with Gasteiger partial charge in [0.15, 0.2) is 5.76 Å². The van der Waals surface area contributed by atoms with E-state index in [1.165, 1.54) is 24.7 Å². The molecular formula is C16H20N2O4S. The zero-order valence-corrected chi connectivity index (χ0v) is 13.9. The van der Waals surface area contributed by atoms with Gasteiger partial charge in [-0.3, -0.25) is 4.79 Å². The third kappa shape index (κ3) is 4.67. The molecule has 7 heteroatoms. The van der Waals surface area contributed by atoms with Gasteiger partial charge in [-0.15, -0.1) is 0 Å². The van der Waals surface area contributed by atoms with Crippen molar-refractivity contribution in [3.8, 4) is 0 Å². The van der Waals surface area contributed by atoms with Crippen LogP contribution in [-0.4, -0.2) is 27.4 Å². The predicted octanol–water partition coefficient (Wildman–Crippen LogP) is 1.94.